The maximum Gasteiger partial charge on any atom is 0.247 e. The molecular formula is C16H21NO5S2. The highest BCUT2D eigenvalue weighted by molar-refractivity contribution is 7.89. The van der Waals surface area contributed by atoms with Gasteiger partial charge in [-0.15, -0.1) is 11.3 Å². The van der Waals surface area contributed by atoms with Gasteiger partial charge in [0.2, 0.25) is 10.0 Å². The van der Waals surface area contributed by atoms with E-state index in [2.05, 4.69) is 0 Å². The van der Waals surface area contributed by atoms with E-state index in [4.69, 9.17) is 14.2 Å². The number of rotatable bonds is 9. The van der Waals surface area contributed by atoms with Crippen molar-refractivity contribution in [2.75, 3.05) is 34.5 Å². The van der Waals surface area contributed by atoms with Crippen LogP contribution in [0.4, 0.5) is 0 Å². The van der Waals surface area contributed by atoms with Crippen LogP contribution in [0, 0.1) is 0 Å². The lowest BCUT2D eigenvalue weighted by Crippen LogP contribution is -2.33. The van der Waals surface area contributed by atoms with Gasteiger partial charge in [-0.05, 0) is 23.6 Å². The van der Waals surface area contributed by atoms with Crippen molar-refractivity contribution >= 4 is 21.4 Å². The molecular weight excluding hydrogens is 350 g/mol. The van der Waals surface area contributed by atoms with Gasteiger partial charge in [-0.25, -0.2) is 8.42 Å². The first kappa shape index (κ1) is 18.7. The molecule has 0 bridgehead atoms. The zero-order valence-corrected chi connectivity index (χ0v) is 15.5. The summed E-state index contributed by atoms with van der Waals surface area (Å²) in [6, 6.07) is 8.53. The van der Waals surface area contributed by atoms with E-state index in [1.165, 1.54) is 35.9 Å². The van der Waals surface area contributed by atoms with E-state index in [1.807, 2.05) is 17.5 Å². The highest BCUT2D eigenvalue weighted by atomic mass is 32.2. The highest BCUT2D eigenvalue weighted by Gasteiger charge is 2.28. The second kappa shape index (κ2) is 8.48. The van der Waals surface area contributed by atoms with Crippen molar-refractivity contribution < 1.29 is 22.6 Å². The van der Waals surface area contributed by atoms with Crippen molar-refractivity contribution in [2.24, 2.45) is 0 Å². The summed E-state index contributed by atoms with van der Waals surface area (Å²) in [6.07, 6.45) is 0. The van der Waals surface area contributed by atoms with Crippen LogP contribution in [0.25, 0.3) is 0 Å². The first-order valence-electron chi connectivity index (χ1n) is 7.26. The van der Waals surface area contributed by atoms with Gasteiger partial charge in [0.25, 0.3) is 0 Å². The minimum Gasteiger partial charge on any atom is -0.497 e. The Morgan fingerprint density at radius 1 is 1.12 bits per heavy atom. The fourth-order valence-electron chi connectivity index (χ4n) is 2.18. The summed E-state index contributed by atoms with van der Waals surface area (Å²) in [5, 5.41) is 1.92. The molecule has 0 unspecified atom stereocenters. The second-order valence-corrected chi connectivity index (χ2v) is 7.87. The number of ether oxygens (including phenoxy) is 3. The molecule has 0 saturated heterocycles. The lowest BCUT2D eigenvalue weighted by molar-refractivity contribution is 0.177. The number of thiophene rings is 1. The molecule has 24 heavy (non-hydrogen) atoms. The van der Waals surface area contributed by atoms with Gasteiger partial charge in [-0.3, -0.25) is 0 Å². The molecule has 0 aliphatic heterocycles. The topological polar surface area (TPSA) is 65.1 Å². The SMILES string of the molecule is COCCN(Cc1cccs1)S(=O)(=O)c1cc(OC)ccc1OC. The Morgan fingerprint density at radius 2 is 1.92 bits per heavy atom. The summed E-state index contributed by atoms with van der Waals surface area (Å²) in [5.74, 6) is 0.738. The van der Waals surface area contributed by atoms with Crippen LogP contribution in [-0.2, 0) is 21.3 Å². The Morgan fingerprint density at radius 3 is 2.50 bits per heavy atom. The van der Waals surface area contributed by atoms with E-state index in [1.54, 1.807) is 19.2 Å². The van der Waals surface area contributed by atoms with Crippen LogP contribution in [0.3, 0.4) is 0 Å². The Balaban J connectivity index is 2.42. The summed E-state index contributed by atoms with van der Waals surface area (Å²) < 4.78 is 43.1. The third kappa shape index (κ3) is 4.27. The summed E-state index contributed by atoms with van der Waals surface area (Å²) in [4.78, 5) is 1.04. The van der Waals surface area contributed by atoms with E-state index in [-0.39, 0.29) is 23.7 Å². The van der Waals surface area contributed by atoms with Gasteiger partial charge in [-0.2, -0.15) is 4.31 Å². The summed E-state index contributed by atoms with van der Waals surface area (Å²) in [5.41, 5.74) is 0. The van der Waals surface area contributed by atoms with Crippen LogP contribution in [0.2, 0.25) is 0 Å². The number of hydrogen-bond acceptors (Lipinski definition) is 6. The first-order valence-corrected chi connectivity index (χ1v) is 9.58. The van der Waals surface area contributed by atoms with E-state index in [0.29, 0.717) is 12.4 Å². The summed E-state index contributed by atoms with van der Waals surface area (Å²) >= 11 is 1.51. The highest BCUT2D eigenvalue weighted by Crippen LogP contribution is 2.31. The maximum absolute atomic E-state index is 13.2. The largest absolute Gasteiger partial charge is 0.497 e. The Bertz CT molecular complexity index is 744. The van der Waals surface area contributed by atoms with Gasteiger partial charge in [0.15, 0.2) is 0 Å². The Labute approximate surface area is 146 Å². The van der Waals surface area contributed by atoms with Crippen LogP contribution in [0.1, 0.15) is 4.88 Å². The molecule has 0 radical (unpaired) electrons. The van der Waals surface area contributed by atoms with E-state index < -0.39 is 10.0 Å². The third-order valence-corrected chi connectivity index (χ3v) is 6.17. The predicted molar refractivity (Wildman–Crippen MR) is 93.3 cm³/mol. The van der Waals surface area contributed by atoms with Gasteiger partial charge >= 0.3 is 0 Å². The molecule has 0 amide bonds. The molecule has 6 nitrogen and oxygen atoms in total. The summed E-state index contributed by atoms with van der Waals surface area (Å²) in [7, 11) is 0.711. The average molecular weight is 371 g/mol. The van der Waals surface area contributed by atoms with E-state index in [9.17, 15) is 8.42 Å². The third-order valence-electron chi connectivity index (χ3n) is 3.45. The Kier molecular flexibility index (Phi) is 6.61. The molecule has 0 fully saturated rings. The van der Waals surface area contributed by atoms with Gasteiger partial charge in [0, 0.05) is 31.1 Å². The van der Waals surface area contributed by atoms with Crippen molar-refractivity contribution in [2.45, 2.75) is 11.4 Å². The van der Waals surface area contributed by atoms with Gasteiger partial charge < -0.3 is 14.2 Å². The normalized spacial score (nSPS) is 11.7. The minimum absolute atomic E-state index is 0.0806. The molecule has 8 heteroatoms. The smallest absolute Gasteiger partial charge is 0.247 e. The fourth-order valence-corrected chi connectivity index (χ4v) is 4.55. The molecule has 0 spiro atoms. The summed E-state index contributed by atoms with van der Waals surface area (Å²) in [6.45, 7) is 0.831. The lowest BCUT2D eigenvalue weighted by Gasteiger charge is -2.22. The second-order valence-electron chi connectivity index (χ2n) is 4.93. The van der Waals surface area contributed by atoms with Crippen molar-refractivity contribution in [1.29, 1.82) is 0 Å². The molecule has 2 aromatic rings. The molecule has 1 aromatic carbocycles. The van der Waals surface area contributed by atoms with Crippen LogP contribution in [0.15, 0.2) is 40.6 Å². The Hall–Kier alpha value is -1.61. The quantitative estimate of drug-likeness (QED) is 0.678. The number of hydrogen-bond donors (Lipinski definition) is 0. The molecule has 0 aliphatic carbocycles. The van der Waals surface area contributed by atoms with Crippen molar-refractivity contribution in [1.82, 2.24) is 4.31 Å². The molecule has 0 atom stereocenters. The minimum atomic E-state index is -3.77. The molecule has 0 N–H and O–H groups in total. The number of benzene rings is 1. The molecule has 132 valence electrons. The van der Waals surface area contributed by atoms with Gasteiger partial charge in [0.05, 0.1) is 20.8 Å². The zero-order chi connectivity index (χ0) is 17.6. The fraction of sp³-hybridized carbons (Fsp3) is 0.375. The molecule has 1 heterocycles. The first-order chi connectivity index (χ1) is 11.5. The lowest BCUT2D eigenvalue weighted by atomic mass is 10.3. The molecule has 2 rings (SSSR count). The molecule has 1 aromatic heterocycles. The molecule has 0 saturated carbocycles. The maximum atomic E-state index is 13.2. The van der Waals surface area contributed by atoms with Crippen molar-refractivity contribution in [3.8, 4) is 11.5 Å². The number of methoxy groups -OCH3 is 3. The van der Waals surface area contributed by atoms with Gasteiger partial charge in [-0.1, -0.05) is 6.07 Å². The predicted octanol–water partition coefficient (Wildman–Crippen LogP) is 2.60. The standard InChI is InChI=1S/C16H21NO5S2/c1-20-9-8-17(12-14-5-4-10-23-14)24(18,19)16-11-13(21-2)6-7-15(16)22-3/h4-7,10-11H,8-9,12H2,1-3H3. The number of sulfonamides is 1. The van der Waals surface area contributed by atoms with E-state index >= 15 is 0 Å². The van der Waals surface area contributed by atoms with Crippen LogP contribution in [0.5, 0.6) is 11.5 Å². The van der Waals surface area contributed by atoms with E-state index in [0.717, 1.165) is 4.88 Å². The zero-order valence-electron chi connectivity index (χ0n) is 13.9. The van der Waals surface area contributed by atoms with Gasteiger partial charge in [0.1, 0.15) is 16.4 Å². The average Bonchev–Trinajstić information content (AvgIpc) is 3.10. The van der Waals surface area contributed by atoms with Crippen molar-refractivity contribution in [3.63, 3.8) is 0 Å². The van der Waals surface area contributed by atoms with Crippen molar-refractivity contribution in [3.05, 3.63) is 40.6 Å². The monoisotopic (exact) mass is 371 g/mol. The van der Waals surface area contributed by atoms with Crippen LogP contribution < -0.4 is 9.47 Å². The van der Waals surface area contributed by atoms with Crippen LogP contribution in [-0.4, -0.2) is 47.2 Å². The molecule has 0 aliphatic rings. The van der Waals surface area contributed by atoms with Crippen LogP contribution >= 0.6 is 11.3 Å². The number of nitrogens with zero attached hydrogens (tertiary/aromatic N) is 1.